The van der Waals surface area contributed by atoms with Crippen LogP contribution in [0.5, 0.6) is 0 Å². The number of hydrogen-bond acceptors (Lipinski definition) is 7. The van der Waals surface area contributed by atoms with E-state index in [0.29, 0.717) is 29.4 Å². The number of fused-ring (bicyclic) bond motifs is 1. The fourth-order valence-electron chi connectivity index (χ4n) is 2.99. The van der Waals surface area contributed by atoms with Crippen LogP contribution in [0.1, 0.15) is 50.7 Å². The van der Waals surface area contributed by atoms with E-state index in [1.54, 1.807) is 39.0 Å². The number of imidazole rings is 1. The fourth-order valence-corrected chi connectivity index (χ4v) is 3.21. The second-order valence-corrected chi connectivity index (χ2v) is 8.54. The van der Waals surface area contributed by atoms with Crippen molar-refractivity contribution in [3.63, 3.8) is 0 Å². The number of anilines is 2. The molecule has 3 rings (SSSR count). The summed E-state index contributed by atoms with van der Waals surface area (Å²) in [5, 5.41) is 0.194. The predicted octanol–water partition coefficient (Wildman–Crippen LogP) is 5.83. The lowest BCUT2D eigenvalue weighted by Gasteiger charge is -2.11. The van der Waals surface area contributed by atoms with Gasteiger partial charge in [-0.2, -0.15) is 0 Å². The van der Waals surface area contributed by atoms with Gasteiger partial charge in [-0.1, -0.05) is 12.1 Å². The SMILES string of the molecule is CCOC(=O)C(C)c1ccc(N)c(N)c1.CCOC(=O)C(C)c1ccc2[nH]c(=S)[nH]c2c1.ClCCl. The Balaban J connectivity index is 0.000000317. The highest BCUT2D eigenvalue weighted by Crippen LogP contribution is 2.23. The Bertz CT molecular complexity index is 1170. The summed E-state index contributed by atoms with van der Waals surface area (Å²) in [6.45, 7) is 7.98. The molecule has 0 saturated carbocycles. The van der Waals surface area contributed by atoms with E-state index in [1.165, 1.54) is 0 Å². The molecule has 35 heavy (non-hydrogen) atoms. The minimum absolute atomic E-state index is 0.194. The monoisotopic (exact) mass is 542 g/mol. The maximum Gasteiger partial charge on any atom is 0.313 e. The highest BCUT2D eigenvalue weighted by molar-refractivity contribution is 7.71. The zero-order valence-corrected chi connectivity index (χ0v) is 22.5. The zero-order chi connectivity index (χ0) is 26.5. The quantitative estimate of drug-likeness (QED) is 0.133. The molecule has 0 saturated heterocycles. The second kappa shape index (κ2) is 15.3. The van der Waals surface area contributed by atoms with E-state index in [-0.39, 0.29) is 29.1 Å². The van der Waals surface area contributed by atoms with E-state index in [0.717, 1.165) is 22.2 Å². The number of nitrogens with two attached hydrogens (primary N) is 2. The molecule has 1 aromatic heterocycles. The van der Waals surface area contributed by atoms with Crippen LogP contribution in [-0.2, 0) is 19.1 Å². The molecule has 2 unspecified atom stereocenters. The highest BCUT2D eigenvalue weighted by atomic mass is 35.5. The molecular weight excluding hydrogens is 511 g/mol. The summed E-state index contributed by atoms with van der Waals surface area (Å²) in [7, 11) is 0. The Morgan fingerprint density at radius 3 is 1.80 bits per heavy atom. The van der Waals surface area contributed by atoms with E-state index >= 15 is 0 Å². The van der Waals surface area contributed by atoms with Crippen LogP contribution in [0.4, 0.5) is 11.4 Å². The van der Waals surface area contributed by atoms with Gasteiger partial charge in [-0.05, 0) is 75.3 Å². The summed E-state index contributed by atoms with van der Waals surface area (Å²) in [5.41, 5.74) is 15.8. The summed E-state index contributed by atoms with van der Waals surface area (Å²) >= 11 is 14.5. The first-order valence-corrected chi connectivity index (χ1v) is 12.4. The number of aromatic amines is 2. The highest BCUT2D eigenvalue weighted by Gasteiger charge is 2.17. The molecule has 0 aliphatic heterocycles. The number of H-pyrrole nitrogens is 2. The van der Waals surface area contributed by atoms with Crippen LogP contribution in [0.2, 0.25) is 0 Å². The van der Waals surface area contributed by atoms with E-state index < -0.39 is 0 Å². The largest absolute Gasteiger partial charge is 0.466 e. The molecule has 2 atom stereocenters. The molecule has 0 aliphatic carbocycles. The van der Waals surface area contributed by atoms with Gasteiger partial charge in [0, 0.05) is 0 Å². The van der Waals surface area contributed by atoms with Crippen molar-refractivity contribution in [1.29, 1.82) is 0 Å². The smallest absolute Gasteiger partial charge is 0.313 e. The zero-order valence-electron chi connectivity index (χ0n) is 20.2. The molecule has 192 valence electrons. The minimum atomic E-state index is -0.312. The van der Waals surface area contributed by atoms with Crippen LogP contribution in [0.15, 0.2) is 36.4 Å². The van der Waals surface area contributed by atoms with Gasteiger partial charge in [-0.25, -0.2) is 0 Å². The van der Waals surface area contributed by atoms with Gasteiger partial charge in [-0.15, -0.1) is 23.2 Å². The first kappa shape index (κ1) is 30.3. The van der Waals surface area contributed by atoms with E-state index in [9.17, 15) is 9.59 Å². The van der Waals surface area contributed by atoms with Crippen molar-refractivity contribution in [3.05, 3.63) is 52.3 Å². The van der Waals surface area contributed by atoms with Crippen LogP contribution in [0.25, 0.3) is 11.0 Å². The van der Waals surface area contributed by atoms with E-state index in [4.69, 9.17) is 56.4 Å². The Morgan fingerprint density at radius 2 is 1.31 bits per heavy atom. The minimum Gasteiger partial charge on any atom is -0.466 e. The molecule has 3 aromatic rings. The number of nitrogen functional groups attached to an aromatic ring is 2. The molecular formula is C24H32Cl2N4O4S. The molecule has 8 nitrogen and oxygen atoms in total. The average molecular weight is 544 g/mol. The average Bonchev–Trinajstić information content (AvgIpc) is 3.20. The normalized spacial score (nSPS) is 11.8. The van der Waals surface area contributed by atoms with Crippen LogP contribution >= 0.6 is 35.4 Å². The predicted molar refractivity (Wildman–Crippen MR) is 145 cm³/mol. The van der Waals surface area contributed by atoms with Gasteiger partial charge >= 0.3 is 11.9 Å². The third-order valence-electron chi connectivity index (χ3n) is 4.93. The van der Waals surface area contributed by atoms with Crippen LogP contribution in [-0.4, -0.2) is 40.5 Å². The number of alkyl halides is 2. The van der Waals surface area contributed by atoms with Crippen molar-refractivity contribution in [2.24, 2.45) is 0 Å². The van der Waals surface area contributed by atoms with Crippen LogP contribution in [0, 0.1) is 4.77 Å². The van der Waals surface area contributed by atoms with Crippen molar-refractivity contribution in [2.75, 3.05) is 30.0 Å². The molecule has 6 N–H and O–H groups in total. The topological polar surface area (TPSA) is 136 Å². The number of esters is 2. The number of nitrogens with one attached hydrogen (secondary N) is 2. The first-order valence-electron chi connectivity index (χ1n) is 10.9. The van der Waals surface area contributed by atoms with Gasteiger partial charge in [0.15, 0.2) is 4.77 Å². The molecule has 1 heterocycles. The van der Waals surface area contributed by atoms with Gasteiger partial charge in [-0.3, -0.25) is 9.59 Å². The lowest BCUT2D eigenvalue weighted by Crippen LogP contribution is -2.13. The van der Waals surface area contributed by atoms with Gasteiger partial charge in [0.25, 0.3) is 0 Å². The van der Waals surface area contributed by atoms with Crippen LogP contribution < -0.4 is 11.5 Å². The standard InChI is InChI=1S/C12H14N2O2S.C11H16N2O2.CH2Cl2/c1-3-16-11(15)7(2)8-4-5-9-10(6-8)14-12(17)13-9;1-3-15-11(14)7(2)8-4-5-9(12)10(13)6-8;2-1-3/h4-7H,3H2,1-2H3,(H2,13,14,17);4-7H,3,12-13H2,1-2H3;1H2. The Morgan fingerprint density at radius 1 is 0.857 bits per heavy atom. The molecule has 0 aliphatic rings. The van der Waals surface area contributed by atoms with Crippen molar-refractivity contribution in [3.8, 4) is 0 Å². The lowest BCUT2D eigenvalue weighted by molar-refractivity contribution is -0.145. The molecule has 0 amide bonds. The van der Waals surface area contributed by atoms with Gasteiger partial charge in [0.2, 0.25) is 0 Å². The Kier molecular flexibility index (Phi) is 13.2. The summed E-state index contributed by atoms with van der Waals surface area (Å²) in [6.07, 6.45) is 0. The first-order chi connectivity index (χ1) is 16.6. The number of carbonyl (C=O) groups is 2. The van der Waals surface area contributed by atoms with E-state index in [1.807, 2.05) is 25.1 Å². The molecule has 2 aromatic carbocycles. The maximum absolute atomic E-state index is 11.6. The summed E-state index contributed by atoms with van der Waals surface area (Å²) in [5.74, 6) is -1.04. The van der Waals surface area contributed by atoms with Crippen molar-refractivity contribution >= 4 is 69.8 Å². The molecule has 11 heteroatoms. The van der Waals surface area contributed by atoms with Crippen molar-refractivity contribution in [2.45, 2.75) is 39.5 Å². The molecule has 0 radical (unpaired) electrons. The number of carbonyl (C=O) groups excluding carboxylic acids is 2. The fraction of sp³-hybridized carbons (Fsp3) is 0.375. The Hall–Kier alpha value is -2.75. The number of halogens is 2. The number of aromatic nitrogens is 2. The summed E-state index contributed by atoms with van der Waals surface area (Å²) in [4.78, 5) is 29.1. The third-order valence-corrected chi connectivity index (χ3v) is 5.14. The number of ether oxygens (including phenoxy) is 2. The number of hydrogen-bond donors (Lipinski definition) is 4. The maximum atomic E-state index is 11.6. The number of benzene rings is 2. The van der Waals surface area contributed by atoms with Gasteiger partial charge < -0.3 is 30.9 Å². The molecule has 0 spiro atoms. The van der Waals surface area contributed by atoms with Crippen LogP contribution in [0.3, 0.4) is 0 Å². The lowest BCUT2D eigenvalue weighted by atomic mass is 10.0. The van der Waals surface area contributed by atoms with Crippen molar-refractivity contribution in [1.82, 2.24) is 9.97 Å². The molecule has 0 fully saturated rings. The Labute approximate surface area is 220 Å². The number of rotatable bonds is 6. The van der Waals surface area contributed by atoms with Crippen molar-refractivity contribution < 1.29 is 19.1 Å². The second-order valence-electron chi connectivity index (χ2n) is 7.32. The summed E-state index contributed by atoms with van der Waals surface area (Å²) in [6, 6.07) is 10.9. The third kappa shape index (κ3) is 9.43. The van der Waals surface area contributed by atoms with E-state index in [2.05, 4.69) is 9.97 Å². The van der Waals surface area contributed by atoms with Gasteiger partial charge in [0.05, 0.1) is 52.8 Å². The molecule has 0 bridgehead atoms. The summed E-state index contributed by atoms with van der Waals surface area (Å²) < 4.78 is 10.5. The van der Waals surface area contributed by atoms with Gasteiger partial charge in [0.1, 0.15) is 0 Å².